The van der Waals surface area contributed by atoms with Crippen LogP contribution in [0.2, 0.25) is 0 Å². The number of halogens is 1. The lowest BCUT2D eigenvalue weighted by Gasteiger charge is -1.62. The lowest BCUT2D eigenvalue weighted by Crippen LogP contribution is -1.67. The van der Waals surface area contributed by atoms with Gasteiger partial charge in [0.15, 0.2) is 0 Å². The van der Waals surface area contributed by atoms with E-state index in [2.05, 4.69) is 0 Å². The summed E-state index contributed by atoms with van der Waals surface area (Å²) in [6, 6.07) is 0. The first-order chi connectivity index (χ1) is 2.41. The summed E-state index contributed by atoms with van der Waals surface area (Å²) in [6.45, 7) is 0. The Morgan fingerprint density at radius 1 is 2.00 bits per heavy atom. The van der Waals surface area contributed by atoms with Gasteiger partial charge in [0.2, 0.25) is 6.29 Å². The molecule has 0 heterocycles. The second kappa shape index (κ2) is 3.95. The summed E-state index contributed by atoms with van der Waals surface area (Å²) in [6.07, 6.45) is 1.36. The number of rotatable bonds is 2. The monoisotopic (exact) mass is 93.0 g/mol. The predicted molar refractivity (Wildman–Crippen MR) is 19.3 cm³/mol. The fourth-order valence-corrected chi connectivity index (χ4v) is 0.0668. The maximum absolute atomic E-state index is 10.6. The van der Waals surface area contributed by atoms with Crippen molar-refractivity contribution in [2.45, 2.75) is 0 Å². The van der Waals surface area contributed by atoms with E-state index < -0.39 is 0 Å². The van der Waals surface area contributed by atoms with Gasteiger partial charge in [-0.05, 0) is 0 Å². The van der Waals surface area contributed by atoms with E-state index in [0.29, 0.717) is 0 Å². The highest BCUT2D eigenvalue weighted by Crippen LogP contribution is 1.93. The van der Waals surface area contributed by atoms with Crippen LogP contribution in [0.4, 0.5) is 3.89 Å². The molecule has 0 aliphatic rings. The zero-order valence-corrected chi connectivity index (χ0v) is 3.22. The van der Waals surface area contributed by atoms with Crippen molar-refractivity contribution in [2.75, 3.05) is 5.75 Å². The molecule has 0 aromatic heterocycles. The van der Waals surface area contributed by atoms with Crippen LogP contribution in [0, 0.1) is 0 Å². The van der Waals surface area contributed by atoms with Gasteiger partial charge in [-0.3, -0.25) is 4.79 Å². The fraction of sp³-hybridized carbons (Fsp3) is 0.500. The van der Waals surface area contributed by atoms with Crippen LogP contribution in [0.3, 0.4) is 0 Å². The molecule has 1 nitrogen and oxygen atoms in total. The van der Waals surface area contributed by atoms with E-state index in [1.54, 1.807) is 0 Å². The van der Waals surface area contributed by atoms with E-state index in [4.69, 9.17) is 4.79 Å². The molecule has 0 aromatic rings. The Balaban J connectivity index is 2.40. The molecule has 0 fully saturated rings. The Bertz CT molecular complexity index is 30.8. The first-order valence-electron chi connectivity index (χ1n) is 1.00. The highest BCUT2D eigenvalue weighted by molar-refractivity contribution is 7.94. The number of carbonyl (C=O) groups excluding carboxylic acids is 1. The van der Waals surface area contributed by atoms with Crippen molar-refractivity contribution in [3.63, 3.8) is 0 Å². The standard InChI is InChI=1S/C2H2FOS/c3-5-2-1-4/h2H2. The summed E-state index contributed by atoms with van der Waals surface area (Å²) >= 11 is -0.0220. The molecule has 0 saturated carbocycles. The SMILES string of the molecule is O=[C]CSF. The summed E-state index contributed by atoms with van der Waals surface area (Å²) in [5.74, 6) is -0.167. The van der Waals surface area contributed by atoms with Gasteiger partial charge in [0, 0.05) is 0 Å². The number of hydrogen-bond acceptors (Lipinski definition) is 2. The van der Waals surface area contributed by atoms with Crippen molar-refractivity contribution in [1.29, 1.82) is 0 Å². The molecule has 0 bridgehead atoms. The van der Waals surface area contributed by atoms with Gasteiger partial charge >= 0.3 is 0 Å². The molecular weight excluding hydrogens is 91.1 g/mol. The molecule has 0 aliphatic carbocycles. The van der Waals surface area contributed by atoms with Crippen LogP contribution in [0.15, 0.2) is 0 Å². The molecule has 5 heavy (non-hydrogen) atoms. The van der Waals surface area contributed by atoms with Gasteiger partial charge in [-0.1, -0.05) is 0 Å². The first kappa shape index (κ1) is 4.95. The summed E-state index contributed by atoms with van der Waals surface area (Å²) in [5, 5.41) is 0. The third-order valence-electron chi connectivity index (χ3n) is 0.113. The normalized spacial score (nSPS) is 7.40. The Labute approximate surface area is 33.8 Å². The topological polar surface area (TPSA) is 17.1 Å². The van der Waals surface area contributed by atoms with Gasteiger partial charge in [-0.25, -0.2) is 0 Å². The van der Waals surface area contributed by atoms with Crippen molar-refractivity contribution in [3.05, 3.63) is 0 Å². The molecule has 0 N–H and O–H groups in total. The Hall–Kier alpha value is -0.0500. The second-order valence-corrected chi connectivity index (χ2v) is 0.905. The quantitative estimate of drug-likeness (QED) is 0.500. The van der Waals surface area contributed by atoms with Gasteiger partial charge in [0.25, 0.3) is 0 Å². The predicted octanol–water partition coefficient (Wildman–Crippen LogP) is 0.714. The van der Waals surface area contributed by atoms with Crippen molar-refractivity contribution in [2.24, 2.45) is 0 Å². The minimum absolute atomic E-state index is 0.0220. The minimum atomic E-state index is -0.167. The third kappa shape index (κ3) is 3.95. The largest absolute Gasteiger partial charge is 0.290 e. The lowest BCUT2D eigenvalue weighted by molar-refractivity contribution is 0.560. The Morgan fingerprint density at radius 2 is 2.60 bits per heavy atom. The molecule has 0 spiro atoms. The van der Waals surface area contributed by atoms with Crippen LogP contribution in [0.1, 0.15) is 0 Å². The van der Waals surface area contributed by atoms with Gasteiger partial charge in [0.1, 0.15) is 0 Å². The summed E-state index contributed by atoms with van der Waals surface area (Å²) < 4.78 is 10.6. The lowest BCUT2D eigenvalue weighted by atomic mass is 10.9. The molecule has 1 radical (unpaired) electrons. The molecule has 0 aliphatic heterocycles. The van der Waals surface area contributed by atoms with Gasteiger partial charge in [-0.15, -0.1) is 0 Å². The van der Waals surface area contributed by atoms with E-state index in [-0.39, 0.29) is 17.9 Å². The average Bonchev–Trinajstić information content (AvgIpc) is 1.41. The zero-order chi connectivity index (χ0) is 4.12. The third-order valence-corrected chi connectivity index (χ3v) is 0.340. The van der Waals surface area contributed by atoms with Crippen LogP contribution in [-0.2, 0) is 4.79 Å². The smallest absolute Gasteiger partial charge is 0.211 e. The molecule has 0 aromatic carbocycles. The minimum Gasteiger partial charge on any atom is -0.290 e. The van der Waals surface area contributed by atoms with E-state index >= 15 is 0 Å². The van der Waals surface area contributed by atoms with E-state index in [9.17, 15) is 3.89 Å². The van der Waals surface area contributed by atoms with Crippen molar-refractivity contribution >= 4 is 18.4 Å². The van der Waals surface area contributed by atoms with Crippen molar-refractivity contribution < 1.29 is 8.68 Å². The summed E-state index contributed by atoms with van der Waals surface area (Å²) in [5.41, 5.74) is 0. The molecular formula is C2H2FOS. The Morgan fingerprint density at radius 3 is 2.60 bits per heavy atom. The highest BCUT2D eigenvalue weighted by Gasteiger charge is 1.74. The Kier molecular flexibility index (Phi) is 3.91. The molecule has 29 valence electrons. The molecule has 0 unspecified atom stereocenters. The van der Waals surface area contributed by atoms with Crippen LogP contribution in [0.5, 0.6) is 0 Å². The van der Waals surface area contributed by atoms with Crippen LogP contribution >= 0.6 is 12.1 Å². The van der Waals surface area contributed by atoms with Crippen LogP contribution in [0.25, 0.3) is 0 Å². The van der Waals surface area contributed by atoms with E-state index in [0.717, 1.165) is 0 Å². The van der Waals surface area contributed by atoms with E-state index in [1.165, 1.54) is 6.29 Å². The second-order valence-electron chi connectivity index (χ2n) is 0.398. The molecule has 0 amide bonds. The van der Waals surface area contributed by atoms with Gasteiger partial charge < -0.3 is 0 Å². The van der Waals surface area contributed by atoms with Crippen molar-refractivity contribution in [3.8, 4) is 0 Å². The molecule has 0 saturated heterocycles. The number of hydrogen-bond donors (Lipinski definition) is 0. The highest BCUT2D eigenvalue weighted by atomic mass is 32.2. The van der Waals surface area contributed by atoms with Crippen LogP contribution < -0.4 is 0 Å². The molecule has 0 atom stereocenters. The first-order valence-corrected chi connectivity index (χ1v) is 1.89. The fourth-order valence-electron chi connectivity index (χ4n) is 0.0223. The summed E-state index contributed by atoms with van der Waals surface area (Å²) in [7, 11) is 0. The van der Waals surface area contributed by atoms with E-state index in [1.807, 2.05) is 0 Å². The molecule has 3 heteroatoms. The van der Waals surface area contributed by atoms with Gasteiger partial charge in [0.05, 0.1) is 17.9 Å². The van der Waals surface area contributed by atoms with Crippen molar-refractivity contribution in [1.82, 2.24) is 0 Å². The average molecular weight is 93.1 g/mol. The van der Waals surface area contributed by atoms with Gasteiger partial charge in [-0.2, -0.15) is 3.89 Å². The maximum Gasteiger partial charge on any atom is 0.211 e. The maximum atomic E-state index is 10.6. The molecule has 0 rings (SSSR count). The summed E-state index contributed by atoms with van der Waals surface area (Å²) in [4.78, 5) is 9.02. The zero-order valence-electron chi connectivity index (χ0n) is 2.40. The van der Waals surface area contributed by atoms with Crippen LogP contribution in [-0.4, -0.2) is 12.0 Å².